The molecule has 0 aliphatic carbocycles. The molecule has 5 rings (SSSR count). The number of fused-ring (bicyclic) bond motifs is 1. The van der Waals surface area contributed by atoms with Crippen LogP contribution in [0, 0.1) is 5.82 Å². The van der Waals surface area contributed by atoms with Crippen molar-refractivity contribution in [3.8, 4) is 11.3 Å². The Hall–Kier alpha value is -4.07. The Morgan fingerprint density at radius 3 is 2.82 bits per heavy atom. The molecule has 2 N–H and O–H groups in total. The number of nitrogens with one attached hydrogen (secondary N) is 2. The highest BCUT2D eigenvalue weighted by molar-refractivity contribution is 5.93. The zero-order chi connectivity index (χ0) is 23.5. The van der Waals surface area contributed by atoms with Crippen molar-refractivity contribution in [2.45, 2.75) is 25.7 Å². The third-order valence-corrected chi connectivity index (χ3v) is 6.02. The summed E-state index contributed by atoms with van der Waals surface area (Å²) >= 11 is 0. The number of rotatable bonds is 7. The average Bonchev–Trinajstić information content (AvgIpc) is 3.34. The molecule has 0 amide bonds. The fourth-order valence-corrected chi connectivity index (χ4v) is 4.31. The zero-order valence-electron chi connectivity index (χ0n) is 18.7. The molecule has 172 valence electrons. The van der Waals surface area contributed by atoms with E-state index in [1.165, 1.54) is 18.6 Å². The van der Waals surface area contributed by atoms with Gasteiger partial charge in [0, 0.05) is 30.8 Å². The predicted molar refractivity (Wildman–Crippen MR) is 132 cm³/mol. The number of H-pyrrole nitrogens is 1. The lowest BCUT2D eigenvalue weighted by Crippen LogP contribution is -2.30. The molecule has 34 heavy (non-hydrogen) atoms. The topological polar surface area (TPSA) is 86.8 Å². The van der Waals surface area contributed by atoms with Crippen LogP contribution in [-0.4, -0.2) is 39.0 Å². The lowest BCUT2D eigenvalue weighted by Gasteiger charge is -2.29. The van der Waals surface area contributed by atoms with Gasteiger partial charge in [-0.25, -0.2) is 9.37 Å². The van der Waals surface area contributed by atoms with E-state index in [4.69, 9.17) is 4.98 Å². The molecule has 0 spiro atoms. The number of nitrogens with zero attached hydrogens (tertiary/aromatic N) is 4. The number of carbonyl (C=O) groups is 1. The number of allylic oxidation sites excluding steroid dienone is 1. The van der Waals surface area contributed by atoms with E-state index in [1.54, 1.807) is 12.3 Å². The minimum atomic E-state index is -0.232. The fourth-order valence-electron chi connectivity index (χ4n) is 4.31. The van der Waals surface area contributed by atoms with Crippen LogP contribution in [0.25, 0.3) is 22.3 Å². The average molecular weight is 457 g/mol. The molecule has 3 heterocycles. The van der Waals surface area contributed by atoms with Crippen LogP contribution in [-0.2, 0) is 11.2 Å². The van der Waals surface area contributed by atoms with Gasteiger partial charge in [0.1, 0.15) is 5.82 Å². The maximum Gasteiger partial charge on any atom is 0.229 e. The Morgan fingerprint density at radius 1 is 1.15 bits per heavy atom. The number of anilines is 3. The molecule has 1 aliphatic rings. The second-order valence-corrected chi connectivity index (χ2v) is 8.41. The van der Waals surface area contributed by atoms with Crippen molar-refractivity contribution in [1.82, 2.24) is 20.2 Å². The molecule has 0 bridgehead atoms. The first-order valence-electron chi connectivity index (χ1n) is 11.4. The molecule has 4 aromatic rings. The summed E-state index contributed by atoms with van der Waals surface area (Å²) in [7, 11) is 0. The van der Waals surface area contributed by atoms with E-state index in [2.05, 4.69) is 32.0 Å². The largest absolute Gasteiger partial charge is 0.369 e. The van der Waals surface area contributed by atoms with E-state index in [-0.39, 0.29) is 18.0 Å². The van der Waals surface area contributed by atoms with Gasteiger partial charge in [0.2, 0.25) is 5.95 Å². The summed E-state index contributed by atoms with van der Waals surface area (Å²) in [4.78, 5) is 23.2. The van der Waals surface area contributed by atoms with E-state index >= 15 is 0 Å². The quantitative estimate of drug-likeness (QED) is 0.372. The molecular formula is C26H25FN6O. The van der Waals surface area contributed by atoms with Crippen LogP contribution in [0.5, 0.6) is 0 Å². The number of aromatic amines is 1. The van der Waals surface area contributed by atoms with E-state index < -0.39 is 0 Å². The molecule has 8 heteroatoms. The van der Waals surface area contributed by atoms with Crippen LogP contribution in [0.1, 0.15) is 24.8 Å². The van der Waals surface area contributed by atoms with Gasteiger partial charge < -0.3 is 10.2 Å². The first-order valence-corrected chi connectivity index (χ1v) is 11.4. The SMILES string of the molecule is C=CC(=O)Cc1cccc(-c2nc(Nc3ccc(F)c(N4CCCCC4)c3)nc3[nH]ncc23)c1. The summed E-state index contributed by atoms with van der Waals surface area (Å²) in [5, 5.41) is 11.0. The van der Waals surface area contributed by atoms with Gasteiger partial charge in [-0.1, -0.05) is 24.8 Å². The van der Waals surface area contributed by atoms with Crippen molar-refractivity contribution in [2.24, 2.45) is 0 Å². The number of hydrogen-bond donors (Lipinski definition) is 2. The van der Waals surface area contributed by atoms with Gasteiger partial charge in [0.25, 0.3) is 0 Å². The maximum absolute atomic E-state index is 14.6. The number of ketones is 1. The van der Waals surface area contributed by atoms with Crippen molar-refractivity contribution in [3.63, 3.8) is 0 Å². The third kappa shape index (κ3) is 4.52. The van der Waals surface area contributed by atoms with Crippen LogP contribution in [0.4, 0.5) is 21.7 Å². The van der Waals surface area contributed by atoms with Crippen LogP contribution < -0.4 is 10.2 Å². The lowest BCUT2D eigenvalue weighted by molar-refractivity contribution is -0.114. The first kappa shape index (κ1) is 21.8. The highest BCUT2D eigenvalue weighted by atomic mass is 19.1. The molecule has 2 aromatic heterocycles. The van der Waals surface area contributed by atoms with Crippen LogP contribution in [0.3, 0.4) is 0 Å². The van der Waals surface area contributed by atoms with Crippen molar-refractivity contribution in [1.29, 1.82) is 0 Å². The molecule has 1 fully saturated rings. The summed E-state index contributed by atoms with van der Waals surface area (Å²) in [6.45, 7) is 5.25. The molecule has 0 radical (unpaired) electrons. The van der Waals surface area contributed by atoms with Gasteiger partial charge in [-0.2, -0.15) is 10.1 Å². The smallest absolute Gasteiger partial charge is 0.229 e. The van der Waals surface area contributed by atoms with E-state index in [0.29, 0.717) is 28.7 Å². The minimum absolute atomic E-state index is 0.0449. The van der Waals surface area contributed by atoms with Crippen molar-refractivity contribution < 1.29 is 9.18 Å². The normalized spacial score (nSPS) is 13.7. The summed E-state index contributed by atoms with van der Waals surface area (Å²) in [6.07, 6.45) is 6.60. The second-order valence-electron chi connectivity index (χ2n) is 8.41. The maximum atomic E-state index is 14.6. The molecule has 0 saturated carbocycles. The molecular weight excluding hydrogens is 431 g/mol. The van der Waals surface area contributed by atoms with Crippen LogP contribution >= 0.6 is 0 Å². The van der Waals surface area contributed by atoms with Gasteiger partial charge in [0.15, 0.2) is 11.4 Å². The zero-order valence-corrected chi connectivity index (χ0v) is 18.7. The molecule has 1 saturated heterocycles. The number of carbonyl (C=O) groups excluding carboxylic acids is 1. The van der Waals surface area contributed by atoms with Crippen molar-refractivity contribution in [3.05, 3.63) is 72.7 Å². The van der Waals surface area contributed by atoms with E-state index in [1.807, 2.05) is 30.3 Å². The Kier molecular flexibility index (Phi) is 6.03. The molecule has 0 atom stereocenters. The number of halogens is 1. The number of hydrogen-bond acceptors (Lipinski definition) is 6. The van der Waals surface area contributed by atoms with Crippen LogP contribution in [0.15, 0.2) is 61.3 Å². The summed E-state index contributed by atoms with van der Waals surface area (Å²) < 4.78 is 14.6. The third-order valence-electron chi connectivity index (χ3n) is 6.02. The highest BCUT2D eigenvalue weighted by Crippen LogP contribution is 2.30. The highest BCUT2D eigenvalue weighted by Gasteiger charge is 2.17. The van der Waals surface area contributed by atoms with Crippen LogP contribution in [0.2, 0.25) is 0 Å². The molecule has 2 aromatic carbocycles. The molecule has 1 aliphatic heterocycles. The Morgan fingerprint density at radius 2 is 2.00 bits per heavy atom. The number of piperidine rings is 1. The number of aromatic nitrogens is 4. The van der Waals surface area contributed by atoms with Gasteiger partial charge in [-0.3, -0.25) is 9.89 Å². The number of benzene rings is 2. The molecule has 0 unspecified atom stereocenters. The van der Waals surface area contributed by atoms with Gasteiger partial charge in [-0.05, 0) is 55.2 Å². The van der Waals surface area contributed by atoms with Gasteiger partial charge >= 0.3 is 0 Å². The molecule has 7 nitrogen and oxygen atoms in total. The summed E-state index contributed by atoms with van der Waals surface area (Å²) in [5.74, 6) is 0.0935. The lowest BCUT2D eigenvalue weighted by atomic mass is 10.0. The standard InChI is InChI=1S/C26H25FN6O/c1-2-20(34)14-17-7-6-8-18(13-17)24-21-16-28-32-25(21)31-26(30-24)29-19-9-10-22(27)23(15-19)33-11-4-3-5-12-33/h2,6-10,13,15-16H,1,3-5,11-12,14H2,(H2,28,29,30,31,32). The summed E-state index contributed by atoms with van der Waals surface area (Å²) in [5.41, 5.74) is 4.28. The van der Waals surface area contributed by atoms with Gasteiger partial charge in [0.05, 0.1) is 23.0 Å². The Balaban J connectivity index is 1.49. The second kappa shape index (κ2) is 9.43. The van der Waals surface area contributed by atoms with Crippen molar-refractivity contribution >= 4 is 34.1 Å². The van der Waals surface area contributed by atoms with Crippen molar-refractivity contribution in [2.75, 3.05) is 23.3 Å². The first-order chi connectivity index (χ1) is 16.6. The predicted octanol–water partition coefficient (Wildman–Crippen LogP) is 5.19. The summed E-state index contributed by atoms with van der Waals surface area (Å²) in [6, 6.07) is 12.6. The van der Waals surface area contributed by atoms with Gasteiger partial charge in [-0.15, -0.1) is 0 Å². The van der Waals surface area contributed by atoms with E-state index in [0.717, 1.165) is 42.4 Å². The Bertz CT molecular complexity index is 1360. The Labute approximate surface area is 196 Å². The minimum Gasteiger partial charge on any atom is -0.369 e. The fraction of sp³-hybridized carbons (Fsp3) is 0.231. The monoisotopic (exact) mass is 456 g/mol. The van der Waals surface area contributed by atoms with E-state index in [9.17, 15) is 9.18 Å².